The first-order chi connectivity index (χ1) is 14.1. The summed E-state index contributed by atoms with van der Waals surface area (Å²) in [5, 5.41) is 6.46. The van der Waals surface area contributed by atoms with Gasteiger partial charge in [-0.1, -0.05) is 23.7 Å². The van der Waals surface area contributed by atoms with Crippen LogP contribution in [0.5, 0.6) is 5.75 Å². The van der Waals surface area contributed by atoms with Gasteiger partial charge in [0.25, 0.3) is 5.91 Å². The SMILES string of the molecule is Cc1cc(C)cc(OCCNC(=O)c2cnn(-c3cccc(Cl)c3)c2C(F)(F)F)c1. The standard InChI is InChI=1S/C21H19ClF3N3O2/c1-13-8-14(2)10-17(9-13)30-7-6-26-20(29)18-12-27-28(19(18)21(23,24)25)16-5-3-4-15(22)11-16/h3-5,8-12H,6-7H2,1-2H3,(H,26,29). The Labute approximate surface area is 176 Å². The van der Waals surface area contributed by atoms with Gasteiger partial charge < -0.3 is 10.1 Å². The summed E-state index contributed by atoms with van der Waals surface area (Å²) >= 11 is 5.87. The average Bonchev–Trinajstić information content (AvgIpc) is 3.10. The number of carbonyl (C=O) groups is 1. The van der Waals surface area contributed by atoms with E-state index in [-0.39, 0.29) is 23.9 Å². The zero-order valence-electron chi connectivity index (χ0n) is 16.3. The number of nitrogens with zero attached hydrogens (tertiary/aromatic N) is 2. The van der Waals surface area contributed by atoms with Crippen LogP contribution in [0, 0.1) is 13.8 Å². The number of hydrogen-bond acceptors (Lipinski definition) is 3. The molecule has 3 rings (SSSR count). The number of aromatic nitrogens is 2. The van der Waals surface area contributed by atoms with Crippen LogP contribution < -0.4 is 10.1 Å². The summed E-state index contributed by atoms with van der Waals surface area (Å²) in [5.74, 6) is -0.258. The number of rotatable bonds is 6. The molecule has 1 amide bonds. The molecule has 9 heteroatoms. The number of benzene rings is 2. The zero-order chi connectivity index (χ0) is 21.9. The largest absolute Gasteiger partial charge is 0.492 e. The lowest BCUT2D eigenvalue weighted by Crippen LogP contribution is -2.30. The Hall–Kier alpha value is -3.00. The summed E-state index contributed by atoms with van der Waals surface area (Å²) in [4.78, 5) is 12.4. The van der Waals surface area contributed by atoms with Crippen LogP contribution in [0.3, 0.4) is 0 Å². The van der Waals surface area contributed by atoms with Crippen LogP contribution in [0.15, 0.2) is 48.7 Å². The smallest absolute Gasteiger partial charge is 0.434 e. The van der Waals surface area contributed by atoms with Crippen molar-refractivity contribution in [3.63, 3.8) is 0 Å². The molecule has 0 saturated carbocycles. The molecular formula is C21H19ClF3N3O2. The first-order valence-electron chi connectivity index (χ1n) is 9.05. The predicted octanol–water partition coefficient (Wildman–Crippen LogP) is 4.97. The molecule has 0 atom stereocenters. The van der Waals surface area contributed by atoms with E-state index in [0.29, 0.717) is 10.4 Å². The molecule has 158 valence electrons. The molecule has 1 heterocycles. The van der Waals surface area contributed by atoms with Crippen molar-refractivity contribution >= 4 is 17.5 Å². The number of halogens is 4. The molecule has 0 aliphatic heterocycles. The minimum absolute atomic E-state index is 0.0332. The molecule has 0 aliphatic rings. The zero-order valence-corrected chi connectivity index (χ0v) is 17.0. The Morgan fingerprint density at radius 2 is 1.87 bits per heavy atom. The lowest BCUT2D eigenvalue weighted by Gasteiger charge is -2.13. The second kappa shape index (κ2) is 8.79. The van der Waals surface area contributed by atoms with E-state index in [9.17, 15) is 18.0 Å². The number of alkyl halides is 3. The summed E-state index contributed by atoms with van der Waals surface area (Å²) in [5.41, 5.74) is 0.410. The van der Waals surface area contributed by atoms with Crippen LogP contribution in [0.4, 0.5) is 13.2 Å². The van der Waals surface area contributed by atoms with E-state index in [1.54, 1.807) is 0 Å². The van der Waals surface area contributed by atoms with Crippen molar-refractivity contribution in [2.24, 2.45) is 0 Å². The molecule has 0 radical (unpaired) electrons. The van der Waals surface area contributed by atoms with E-state index in [4.69, 9.17) is 16.3 Å². The summed E-state index contributed by atoms with van der Waals surface area (Å²) in [6.45, 7) is 4.00. The molecule has 0 aliphatic carbocycles. The number of hydrogen-bond donors (Lipinski definition) is 1. The second-order valence-electron chi connectivity index (χ2n) is 6.72. The van der Waals surface area contributed by atoms with Crippen LogP contribution in [-0.4, -0.2) is 28.8 Å². The third kappa shape index (κ3) is 5.13. The van der Waals surface area contributed by atoms with Crippen molar-refractivity contribution in [2.45, 2.75) is 20.0 Å². The highest BCUT2D eigenvalue weighted by molar-refractivity contribution is 6.30. The lowest BCUT2D eigenvalue weighted by atomic mass is 10.1. The van der Waals surface area contributed by atoms with Crippen molar-refractivity contribution < 1.29 is 22.7 Å². The maximum Gasteiger partial charge on any atom is 0.434 e. The number of nitrogens with one attached hydrogen (secondary N) is 1. The molecular weight excluding hydrogens is 419 g/mol. The van der Waals surface area contributed by atoms with E-state index >= 15 is 0 Å². The van der Waals surface area contributed by atoms with E-state index in [0.717, 1.165) is 17.3 Å². The number of amides is 1. The number of aryl methyl sites for hydroxylation is 2. The molecule has 0 unspecified atom stereocenters. The quantitative estimate of drug-likeness (QED) is 0.554. The van der Waals surface area contributed by atoms with Crippen LogP contribution in [0.1, 0.15) is 27.2 Å². The van der Waals surface area contributed by atoms with Gasteiger partial charge in [0.15, 0.2) is 5.69 Å². The van der Waals surface area contributed by atoms with E-state index in [1.807, 2.05) is 32.0 Å². The van der Waals surface area contributed by atoms with Gasteiger partial charge in [-0.15, -0.1) is 0 Å². The fraction of sp³-hybridized carbons (Fsp3) is 0.238. The third-order valence-electron chi connectivity index (χ3n) is 4.19. The summed E-state index contributed by atoms with van der Waals surface area (Å²) in [6, 6.07) is 11.5. The Balaban J connectivity index is 1.72. The molecule has 0 spiro atoms. The van der Waals surface area contributed by atoms with Gasteiger partial charge in [-0.05, 0) is 55.3 Å². The average molecular weight is 438 g/mol. The third-order valence-corrected chi connectivity index (χ3v) is 4.42. The van der Waals surface area contributed by atoms with E-state index < -0.39 is 23.3 Å². The Bertz CT molecular complexity index is 1040. The number of carbonyl (C=O) groups excluding carboxylic acids is 1. The van der Waals surface area contributed by atoms with Gasteiger partial charge in [-0.25, -0.2) is 4.68 Å². The van der Waals surface area contributed by atoms with Gasteiger partial charge in [0.2, 0.25) is 0 Å². The molecule has 1 N–H and O–H groups in total. The summed E-state index contributed by atoms with van der Waals surface area (Å²) in [7, 11) is 0. The van der Waals surface area contributed by atoms with Gasteiger partial charge in [-0.3, -0.25) is 4.79 Å². The van der Waals surface area contributed by atoms with Crippen molar-refractivity contribution in [3.8, 4) is 11.4 Å². The maximum absolute atomic E-state index is 13.7. The Kier molecular flexibility index (Phi) is 6.36. The molecule has 0 bridgehead atoms. The van der Waals surface area contributed by atoms with E-state index in [2.05, 4.69) is 10.4 Å². The molecule has 1 aromatic heterocycles. The first-order valence-corrected chi connectivity index (χ1v) is 9.43. The maximum atomic E-state index is 13.7. The highest BCUT2D eigenvalue weighted by Gasteiger charge is 2.40. The van der Waals surface area contributed by atoms with Gasteiger partial charge in [0.05, 0.1) is 24.0 Å². The molecule has 30 heavy (non-hydrogen) atoms. The molecule has 3 aromatic rings. The minimum atomic E-state index is -4.79. The summed E-state index contributed by atoms with van der Waals surface area (Å²) in [6.07, 6.45) is -3.90. The molecule has 0 fully saturated rings. The van der Waals surface area contributed by atoms with Crippen molar-refractivity contribution in [2.75, 3.05) is 13.2 Å². The van der Waals surface area contributed by atoms with Gasteiger partial charge >= 0.3 is 6.18 Å². The Morgan fingerprint density at radius 3 is 2.50 bits per heavy atom. The molecule has 0 saturated heterocycles. The topological polar surface area (TPSA) is 56.1 Å². The Morgan fingerprint density at radius 1 is 1.17 bits per heavy atom. The van der Waals surface area contributed by atoms with Gasteiger partial charge in [-0.2, -0.15) is 18.3 Å². The van der Waals surface area contributed by atoms with Crippen LogP contribution >= 0.6 is 11.6 Å². The highest BCUT2D eigenvalue weighted by Crippen LogP contribution is 2.34. The van der Waals surface area contributed by atoms with Crippen molar-refractivity contribution in [1.29, 1.82) is 0 Å². The van der Waals surface area contributed by atoms with Gasteiger partial charge in [0, 0.05) is 5.02 Å². The lowest BCUT2D eigenvalue weighted by molar-refractivity contribution is -0.143. The van der Waals surface area contributed by atoms with Crippen LogP contribution in [0.2, 0.25) is 5.02 Å². The molecule has 2 aromatic carbocycles. The monoisotopic (exact) mass is 437 g/mol. The molecule has 5 nitrogen and oxygen atoms in total. The van der Waals surface area contributed by atoms with Crippen LogP contribution in [0.25, 0.3) is 5.69 Å². The predicted molar refractivity (Wildman–Crippen MR) is 107 cm³/mol. The van der Waals surface area contributed by atoms with Gasteiger partial charge in [0.1, 0.15) is 12.4 Å². The normalized spacial score (nSPS) is 11.4. The fourth-order valence-corrected chi connectivity index (χ4v) is 3.22. The highest BCUT2D eigenvalue weighted by atomic mass is 35.5. The van der Waals surface area contributed by atoms with Crippen LogP contribution in [-0.2, 0) is 6.18 Å². The second-order valence-corrected chi connectivity index (χ2v) is 7.16. The van der Waals surface area contributed by atoms with Crippen molar-refractivity contribution in [3.05, 3.63) is 76.1 Å². The minimum Gasteiger partial charge on any atom is -0.492 e. The fourth-order valence-electron chi connectivity index (χ4n) is 3.04. The number of ether oxygens (including phenoxy) is 1. The van der Waals surface area contributed by atoms with Crippen molar-refractivity contribution in [1.82, 2.24) is 15.1 Å². The van der Waals surface area contributed by atoms with E-state index in [1.165, 1.54) is 24.3 Å². The summed E-state index contributed by atoms with van der Waals surface area (Å²) < 4.78 is 47.3. The first kappa shape index (κ1) is 21.7.